The monoisotopic (exact) mass is 360 g/mol. The van der Waals surface area contributed by atoms with Gasteiger partial charge in [-0.1, -0.05) is 12.1 Å². The molecule has 0 spiro atoms. The average Bonchev–Trinajstić information content (AvgIpc) is 3.25. The Labute approximate surface area is 148 Å². The molecular weight excluding hydrogens is 343 g/mol. The minimum Gasteiger partial charge on any atom is -0.339 e. The zero-order chi connectivity index (χ0) is 17.1. The van der Waals surface area contributed by atoms with Gasteiger partial charge in [0.05, 0.1) is 18.2 Å². The third-order valence-electron chi connectivity index (χ3n) is 3.98. The van der Waals surface area contributed by atoms with E-state index in [1.165, 1.54) is 12.1 Å². The molecule has 3 aromatic rings. The highest BCUT2D eigenvalue weighted by Gasteiger charge is 2.19. The molecule has 3 rings (SSSR count). The molecule has 0 saturated heterocycles. The van der Waals surface area contributed by atoms with Gasteiger partial charge in [0.2, 0.25) is 5.91 Å². The van der Waals surface area contributed by atoms with Crippen molar-refractivity contribution in [3.8, 4) is 10.6 Å². The number of aromatic nitrogens is 1. The highest BCUT2D eigenvalue weighted by molar-refractivity contribution is 7.14. The number of hydrogen-bond acceptors (Lipinski definition) is 4. The summed E-state index contributed by atoms with van der Waals surface area (Å²) in [7, 11) is 1.77. The lowest BCUT2D eigenvalue weighted by Gasteiger charge is -2.25. The Morgan fingerprint density at radius 1 is 1.25 bits per heavy atom. The van der Waals surface area contributed by atoms with Gasteiger partial charge in [0, 0.05) is 23.4 Å². The summed E-state index contributed by atoms with van der Waals surface area (Å²) in [5, 5.41) is 6.93. The Morgan fingerprint density at radius 3 is 2.67 bits per heavy atom. The van der Waals surface area contributed by atoms with Crippen LogP contribution in [0.15, 0.2) is 46.5 Å². The van der Waals surface area contributed by atoms with Crippen molar-refractivity contribution in [2.24, 2.45) is 0 Å². The molecule has 0 saturated carbocycles. The molecule has 2 aromatic heterocycles. The van der Waals surface area contributed by atoms with Crippen LogP contribution in [0.4, 0.5) is 4.39 Å². The fourth-order valence-corrected chi connectivity index (χ4v) is 3.90. The molecule has 1 amide bonds. The van der Waals surface area contributed by atoms with Crippen LogP contribution in [0.1, 0.15) is 24.2 Å². The number of carbonyl (C=O) groups excluding carboxylic acids is 1. The highest BCUT2D eigenvalue weighted by atomic mass is 32.1. The summed E-state index contributed by atoms with van der Waals surface area (Å²) in [4.78, 5) is 18.7. The molecule has 3 nitrogen and oxygen atoms in total. The second kappa shape index (κ2) is 7.23. The maximum absolute atomic E-state index is 13.0. The Kier molecular flexibility index (Phi) is 5.06. The SMILES string of the molecule is C[C@@H](c1ccc(F)cc1)N(C)C(=O)Cc1csc(-c2ccsc2)n1. The maximum atomic E-state index is 13.0. The zero-order valence-electron chi connectivity index (χ0n) is 13.4. The van der Waals surface area contributed by atoms with Crippen LogP contribution in [-0.4, -0.2) is 22.8 Å². The van der Waals surface area contributed by atoms with E-state index in [4.69, 9.17) is 0 Å². The first kappa shape index (κ1) is 16.8. The van der Waals surface area contributed by atoms with E-state index >= 15 is 0 Å². The first-order valence-corrected chi connectivity index (χ1v) is 9.35. The Morgan fingerprint density at radius 2 is 2.00 bits per heavy atom. The van der Waals surface area contributed by atoms with Crippen LogP contribution in [0.25, 0.3) is 10.6 Å². The molecule has 6 heteroatoms. The summed E-state index contributed by atoms with van der Waals surface area (Å²) in [6, 6.07) is 8.16. The number of likely N-dealkylation sites (N-methyl/N-ethyl adjacent to an activating group) is 1. The smallest absolute Gasteiger partial charge is 0.228 e. The van der Waals surface area contributed by atoms with Gasteiger partial charge in [-0.2, -0.15) is 11.3 Å². The van der Waals surface area contributed by atoms with Crippen LogP contribution in [-0.2, 0) is 11.2 Å². The number of hydrogen-bond donors (Lipinski definition) is 0. The standard InChI is InChI=1S/C18H17FN2OS2/c1-12(13-3-5-15(19)6-4-13)21(2)17(22)9-16-11-24-18(20-16)14-7-8-23-10-14/h3-8,10-12H,9H2,1-2H3/t12-/m0/s1. The summed E-state index contributed by atoms with van der Waals surface area (Å²) in [6.07, 6.45) is 0.267. The lowest BCUT2D eigenvalue weighted by atomic mass is 10.1. The quantitative estimate of drug-likeness (QED) is 0.656. The molecule has 2 heterocycles. The van der Waals surface area contributed by atoms with Crippen molar-refractivity contribution in [1.29, 1.82) is 0 Å². The molecule has 1 aromatic carbocycles. The van der Waals surface area contributed by atoms with E-state index in [0.717, 1.165) is 21.8 Å². The van der Waals surface area contributed by atoms with Gasteiger partial charge in [0.25, 0.3) is 0 Å². The minimum absolute atomic E-state index is 0.00556. The van der Waals surface area contributed by atoms with E-state index < -0.39 is 0 Å². The average molecular weight is 360 g/mol. The van der Waals surface area contributed by atoms with Crippen LogP contribution in [0, 0.1) is 5.82 Å². The Balaban J connectivity index is 1.67. The van der Waals surface area contributed by atoms with Gasteiger partial charge in [-0.25, -0.2) is 9.37 Å². The lowest BCUT2D eigenvalue weighted by Crippen LogP contribution is -2.31. The van der Waals surface area contributed by atoms with Crippen LogP contribution in [0.5, 0.6) is 0 Å². The summed E-state index contributed by atoms with van der Waals surface area (Å²) < 4.78 is 13.0. The van der Waals surface area contributed by atoms with Crippen molar-refractivity contribution in [3.05, 3.63) is 63.5 Å². The molecule has 0 fully saturated rings. The maximum Gasteiger partial charge on any atom is 0.228 e. The molecule has 0 radical (unpaired) electrons. The second-order valence-corrected chi connectivity index (χ2v) is 7.20. The number of halogens is 1. The van der Waals surface area contributed by atoms with Crippen LogP contribution < -0.4 is 0 Å². The lowest BCUT2D eigenvalue weighted by molar-refractivity contribution is -0.131. The first-order chi connectivity index (χ1) is 11.5. The molecule has 0 bridgehead atoms. The van der Waals surface area contributed by atoms with E-state index in [9.17, 15) is 9.18 Å². The van der Waals surface area contributed by atoms with E-state index in [1.54, 1.807) is 46.8 Å². The Bertz CT molecular complexity index is 812. The molecule has 0 aliphatic rings. The van der Waals surface area contributed by atoms with Crippen molar-refractivity contribution in [2.75, 3.05) is 7.05 Å². The normalized spacial score (nSPS) is 12.1. The third-order valence-corrected chi connectivity index (χ3v) is 5.60. The fourth-order valence-electron chi connectivity index (χ4n) is 2.37. The molecule has 0 unspecified atom stereocenters. The number of thiazole rings is 1. The predicted molar refractivity (Wildman–Crippen MR) is 96.7 cm³/mol. The van der Waals surface area contributed by atoms with Gasteiger partial charge < -0.3 is 4.90 Å². The largest absolute Gasteiger partial charge is 0.339 e. The van der Waals surface area contributed by atoms with Crippen LogP contribution in [0.3, 0.4) is 0 Å². The van der Waals surface area contributed by atoms with Crippen molar-refractivity contribution in [3.63, 3.8) is 0 Å². The molecule has 124 valence electrons. The van der Waals surface area contributed by atoms with Gasteiger partial charge in [-0.15, -0.1) is 11.3 Å². The molecule has 0 N–H and O–H groups in total. The topological polar surface area (TPSA) is 33.2 Å². The molecule has 0 aliphatic carbocycles. The van der Waals surface area contributed by atoms with E-state index in [2.05, 4.69) is 4.98 Å². The number of thiophene rings is 1. The van der Waals surface area contributed by atoms with Crippen molar-refractivity contribution in [2.45, 2.75) is 19.4 Å². The molecule has 24 heavy (non-hydrogen) atoms. The number of nitrogens with zero attached hydrogens (tertiary/aromatic N) is 2. The van der Waals surface area contributed by atoms with E-state index in [-0.39, 0.29) is 24.2 Å². The number of carbonyl (C=O) groups is 1. The Hall–Kier alpha value is -2.05. The van der Waals surface area contributed by atoms with Gasteiger partial charge in [0.15, 0.2) is 0 Å². The highest BCUT2D eigenvalue weighted by Crippen LogP contribution is 2.26. The summed E-state index contributed by atoms with van der Waals surface area (Å²) in [5.74, 6) is -0.280. The van der Waals surface area contributed by atoms with Gasteiger partial charge >= 0.3 is 0 Å². The van der Waals surface area contributed by atoms with Gasteiger partial charge in [-0.05, 0) is 36.1 Å². The number of benzene rings is 1. The zero-order valence-corrected chi connectivity index (χ0v) is 15.0. The van der Waals surface area contributed by atoms with E-state index in [0.29, 0.717) is 0 Å². The fraction of sp³-hybridized carbons (Fsp3) is 0.222. The third kappa shape index (κ3) is 3.71. The van der Waals surface area contributed by atoms with E-state index in [1.807, 2.05) is 29.1 Å². The molecule has 1 atom stereocenters. The summed E-state index contributed by atoms with van der Waals surface area (Å²) in [5.41, 5.74) is 2.78. The van der Waals surface area contributed by atoms with Gasteiger partial charge in [0.1, 0.15) is 10.8 Å². The molecular formula is C18H17FN2OS2. The summed E-state index contributed by atoms with van der Waals surface area (Å²) >= 11 is 3.18. The van der Waals surface area contributed by atoms with Crippen molar-refractivity contribution < 1.29 is 9.18 Å². The minimum atomic E-state index is -0.275. The first-order valence-electron chi connectivity index (χ1n) is 7.52. The van der Waals surface area contributed by atoms with Crippen molar-refractivity contribution >= 4 is 28.6 Å². The number of amides is 1. The predicted octanol–water partition coefficient (Wildman–Crippen LogP) is 4.77. The second-order valence-electron chi connectivity index (χ2n) is 5.56. The van der Waals surface area contributed by atoms with Crippen LogP contribution >= 0.6 is 22.7 Å². The van der Waals surface area contributed by atoms with Gasteiger partial charge in [-0.3, -0.25) is 4.79 Å². The van der Waals surface area contributed by atoms with Crippen molar-refractivity contribution in [1.82, 2.24) is 9.88 Å². The molecule has 0 aliphatic heterocycles. The number of rotatable bonds is 5. The van der Waals surface area contributed by atoms with Crippen LogP contribution in [0.2, 0.25) is 0 Å². The summed E-state index contributed by atoms with van der Waals surface area (Å²) in [6.45, 7) is 1.93.